The van der Waals surface area contributed by atoms with E-state index in [2.05, 4.69) is 31.2 Å². The van der Waals surface area contributed by atoms with E-state index in [1.54, 1.807) is 0 Å². The van der Waals surface area contributed by atoms with Crippen molar-refractivity contribution in [2.45, 2.75) is 32.6 Å². The molecule has 0 aliphatic heterocycles. The van der Waals surface area contributed by atoms with Crippen molar-refractivity contribution in [3.63, 3.8) is 0 Å². The van der Waals surface area contributed by atoms with Gasteiger partial charge < -0.3 is 0 Å². The topological polar surface area (TPSA) is 17.1 Å². The molecule has 0 bridgehead atoms. The molecule has 0 amide bonds. The summed E-state index contributed by atoms with van der Waals surface area (Å²) in [7, 11) is 0. The van der Waals surface area contributed by atoms with Gasteiger partial charge in [-0.1, -0.05) is 38.1 Å². The number of rotatable bonds is 4. The zero-order chi connectivity index (χ0) is 10.6. The van der Waals surface area contributed by atoms with E-state index in [0.717, 1.165) is 6.42 Å². The minimum absolute atomic E-state index is 0.214. The van der Waals surface area contributed by atoms with E-state index in [4.69, 9.17) is 11.6 Å². The lowest BCUT2D eigenvalue weighted by Gasteiger charge is -2.09. The second kappa shape index (κ2) is 5.16. The number of aryl methyl sites for hydroxylation is 1. The number of carbonyl (C=O) groups excluding carboxylic acids is 1. The molecule has 0 radical (unpaired) electrons. The van der Waals surface area contributed by atoms with E-state index < -0.39 is 0 Å². The second-order valence-corrected chi connectivity index (χ2v) is 3.98. The molecule has 0 fully saturated rings. The van der Waals surface area contributed by atoms with Crippen molar-refractivity contribution >= 4 is 16.8 Å². The zero-order valence-corrected chi connectivity index (χ0v) is 9.34. The molecule has 1 rings (SSSR count). The molecule has 1 nitrogen and oxygen atoms in total. The summed E-state index contributed by atoms with van der Waals surface area (Å²) in [4.78, 5) is 10.7. The van der Waals surface area contributed by atoms with Gasteiger partial charge in [-0.05, 0) is 35.1 Å². The van der Waals surface area contributed by atoms with Gasteiger partial charge in [-0.3, -0.25) is 4.79 Å². The highest BCUT2D eigenvalue weighted by Gasteiger charge is 2.08. The van der Waals surface area contributed by atoms with Gasteiger partial charge in [0.1, 0.15) is 0 Å². The summed E-state index contributed by atoms with van der Waals surface area (Å²) >= 11 is 5.34. The molecular weight excluding hydrogens is 196 g/mol. The van der Waals surface area contributed by atoms with Crippen LogP contribution in [0.5, 0.6) is 0 Å². The summed E-state index contributed by atoms with van der Waals surface area (Å²) in [6.07, 6.45) is 1.45. The van der Waals surface area contributed by atoms with E-state index in [9.17, 15) is 4.79 Å². The van der Waals surface area contributed by atoms with Gasteiger partial charge in [-0.25, -0.2) is 0 Å². The molecule has 2 heteroatoms. The third-order valence-corrected chi connectivity index (χ3v) is 2.58. The van der Waals surface area contributed by atoms with Crippen LogP contribution in [0.2, 0.25) is 0 Å². The van der Waals surface area contributed by atoms with Gasteiger partial charge in [0.05, 0.1) is 0 Å². The molecule has 0 aromatic heterocycles. The fourth-order valence-corrected chi connectivity index (χ4v) is 1.67. The molecule has 76 valence electrons. The lowest BCUT2D eigenvalue weighted by molar-refractivity contribution is -0.111. The maximum Gasteiger partial charge on any atom is 0.222 e. The lowest BCUT2D eigenvalue weighted by Crippen LogP contribution is -1.98. The van der Waals surface area contributed by atoms with E-state index in [1.165, 1.54) is 11.1 Å². The Hall–Kier alpha value is -0.820. The van der Waals surface area contributed by atoms with Crippen LogP contribution >= 0.6 is 11.6 Å². The minimum Gasteiger partial charge on any atom is -0.281 e. The van der Waals surface area contributed by atoms with Crippen molar-refractivity contribution in [3.8, 4) is 0 Å². The van der Waals surface area contributed by atoms with Crippen LogP contribution in [-0.2, 0) is 11.2 Å². The molecule has 0 spiro atoms. The zero-order valence-electron chi connectivity index (χ0n) is 8.59. The highest BCUT2D eigenvalue weighted by Crippen LogP contribution is 2.20. The van der Waals surface area contributed by atoms with Crippen molar-refractivity contribution in [3.05, 3.63) is 35.4 Å². The molecule has 0 saturated heterocycles. The Balaban J connectivity index is 2.71. The fraction of sp³-hybridized carbons (Fsp3) is 0.417. The quantitative estimate of drug-likeness (QED) is 0.696. The van der Waals surface area contributed by atoms with Crippen LogP contribution < -0.4 is 0 Å². The molecule has 0 aliphatic rings. The van der Waals surface area contributed by atoms with Crippen LogP contribution in [0.4, 0.5) is 0 Å². The summed E-state index contributed by atoms with van der Waals surface area (Å²) in [5, 5.41) is -0.267. The number of benzene rings is 1. The first kappa shape index (κ1) is 11.3. The van der Waals surface area contributed by atoms with Crippen LogP contribution in [0.25, 0.3) is 0 Å². The van der Waals surface area contributed by atoms with Crippen LogP contribution in [0.3, 0.4) is 0 Å². The van der Waals surface area contributed by atoms with Crippen molar-refractivity contribution in [2.24, 2.45) is 0 Å². The summed E-state index contributed by atoms with van der Waals surface area (Å²) in [5.41, 5.74) is 2.49. The van der Waals surface area contributed by atoms with Gasteiger partial charge in [0.2, 0.25) is 5.24 Å². The normalized spacial score (nSPS) is 12.5. The molecule has 0 saturated carbocycles. The van der Waals surface area contributed by atoms with Gasteiger partial charge >= 0.3 is 0 Å². The van der Waals surface area contributed by atoms with E-state index >= 15 is 0 Å². The van der Waals surface area contributed by atoms with Crippen molar-refractivity contribution < 1.29 is 4.79 Å². The number of hydrogen-bond acceptors (Lipinski definition) is 1. The summed E-state index contributed by atoms with van der Waals surface area (Å²) in [6.45, 7) is 4.14. The summed E-state index contributed by atoms with van der Waals surface area (Å²) in [5.74, 6) is 0.214. The van der Waals surface area contributed by atoms with E-state index in [0.29, 0.717) is 6.42 Å². The predicted octanol–water partition coefficient (Wildman–Crippen LogP) is 3.51. The second-order valence-electron chi connectivity index (χ2n) is 3.56. The third-order valence-electron chi connectivity index (χ3n) is 2.42. The summed E-state index contributed by atoms with van der Waals surface area (Å²) in [6, 6.07) is 8.35. The molecule has 1 aromatic carbocycles. The van der Waals surface area contributed by atoms with Crippen molar-refractivity contribution in [1.29, 1.82) is 0 Å². The molecule has 14 heavy (non-hydrogen) atoms. The van der Waals surface area contributed by atoms with Crippen LogP contribution in [-0.4, -0.2) is 5.24 Å². The number of carbonyl (C=O) groups is 1. The minimum atomic E-state index is -0.267. The Morgan fingerprint density at radius 2 is 1.93 bits per heavy atom. The predicted molar refractivity (Wildman–Crippen MR) is 59.7 cm³/mol. The Morgan fingerprint density at radius 1 is 1.36 bits per heavy atom. The Morgan fingerprint density at radius 3 is 2.36 bits per heavy atom. The largest absolute Gasteiger partial charge is 0.281 e. The maximum atomic E-state index is 10.7. The van der Waals surface area contributed by atoms with E-state index in [-0.39, 0.29) is 11.2 Å². The molecular formula is C12H15ClO. The van der Waals surface area contributed by atoms with Crippen molar-refractivity contribution in [1.82, 2.24) is 0 Å². The molecule has 0 aliphatic carbocycles. The Kier molecular flexibility index (Phi) is 4.15. The number of hydrogen-bond donors (Lipinski definition) is 0. The first-order valence-electron chi connectivity index (χ1n) is 4.90. The highest BCUT2D eigenvalue weighted by molar-refractivity contribution is 6.63. The third kappa shape index (κ3) is 3.15. The first-order chi connectivity index (χ1) is 6.63. The maximum absolute atomic E-state index is 10.7. The molecule has 1 unspecified atom stereocenters. The van der Waals surface area contributed by atoms with Crippen molar-refractivity contribution in [2.75, 3.05) is 0 Å². The van der Waals surface area contributed by atoms with Crippen LogP contribution in [0.15, 0.2) is 24.3 Å². The number of halogens is 1. The average molecular weight is 211 g/mol. The van der Waals surface area contributed by atoms with Gasteiger partial charge in [0.15, 0.2) is 0 Å². The standard InChI is InChI=1S/C12H15ClO/c1-3-10-4-6-11(7-5-10)9(2)8-12(13)14/h4-7,9H,3,8H2,1-2H3. The highest BCUT2D eigenvalue weighted by atomic mass is 35.5. The monoisotopic (exact) mass is 210 g/mol. The lowest BCUT2D eigenvalue weighted by atomic mass is 9.97. The smallest absolute Gasteiger partial charge is 0.222 e. The molecule has 1 aromatic rings. The average Bonchev–Trinajstić information content (AvgIpc) is 2.17. The Bertz CT molecular complexity index is 303. The molecule has 0 N–H and O–H groups in total. The van der Waals surface area contributed by atoms with Gasteiger partial charge in [-0.15, -0.1) is 0 Å². The first-order valence-corrected chi connectivity index (χ1v) is 5.28. The summed E-state index contributed by atoms with van der Waals surface area (Å²) < 4.78 is 0. The van der Waals surface area contributed by atoms with Gasteiger partial charge in [0.25, 0.3) is 0 Å². The Labute approximate surface area is 90.1 Å². The van der Waals surface area contributed by atoms with Crippen LogP contribution in [0, 0.1) is 0 Å². The molecule has 0 heterocycles. The molecule has 1 atom stereocenters. The van der Waals surface area contributed by atoms with Crippen LogP contribution in [0.1, 0.15) is 37.3 Å². The van der Waals surface area contributed by atoms with E-state index in [1.807, 2.05) is 6.92 Å². The van der Waals surface area contributed by atoms with Gasteiger partial charge in [0, 0.05) is 6.42 Å². The SMILES string of the molecule is CCc1ccc(C(C)CC(=O)Cl)cc1. The fourth-order valence-electron chi connectivity index (χ4n) is 1.44. The van der Waals surface area contributed by atoms with Gasteiger partial charge in [-0.2, -0.15) is 0 Å².